The molecule has 0 spiro atoms. The highest BCUT2D eigenvalue weighted by molar-refractivity contribution is 7.16. The van der Waals surface area contributed by atoms with Gasteiger partial charge >= 0.3 is 11.9 Å². The van der Waals surface area contributed by atoms with E-state index in [-0.39, 0.29) is 15.7 Å². The van der Waals surface area contributed by atoms with Crippen molar-refractivity contribution in [1.82, 2.24) is 20.6 Å². The first-order valence-electron chi connectivity index (χ1n) is 8.79. The molecular formula is C18H18N4O4S2. The minimum atomic E-state index is -0.970. The summed E-state index contributed by atoms with van der Waals surface area (Å²) < 4.78 is 0. The number of hydrogen-bond donors (Lipinski definition) is 3. The van der Waals surface area contributed by atoms with E-state index in [1.165, 1.54) is 22.7 Å². The first-order chi connectivity index (χ1) is 13.3. The number of aromatic amines is 1. The van der Waals surface area contributed by atoms with Crippen LogP contribution in [0.4, 0.5) is 0 Å². The molecule has 0 fully saturated rings. The zero-order valence-electron chi connectivity index (χ0n) is 15.2. The second-order valence-electron chi connectivity index (χ2n) is 7.28. The SMILES string of the molecule is CC(C)CC1(c2nn[nH]n2)c2sc(C(=O)O)cc2CCc2cc(C(=O)O)sc21. The molecule has 0 aliphatic heterocycles. The van der Waals surface area contributed by atoms with Crippen molar-refractivity contribution in [2.75, 3.05) is 0 Å². The predicted molar refractivity (Wildman–Crippen MR) is 103 cm³/mol. The number of aromatic nitrogens is 4. The van der Waals surface area contributed by atoms with Crippen molar-refractivity contribution in [1.29, 1.82) is 0 Å². The molecule has 0 amide bonds. The fourth-order valence-electron chi connectivity index (χ4n) is 3.97. The Morgan fingerprint density at radius 2 is 1.64 bits per heavy atom. The second-order valence-corrected chi connectivity index (χ2v) is 9.38. The lowest BCUT2D eigenvalue weighted by Crippen LogP contribution is -2.32. The van der Waals surface area contributed by atoms with Gasteiger partial charge in [-0.15, -0.1) is 32.9 Å². The van der Waals surface area contributed by atoms with Crippen LogP contribution in [0.1, 0.15) is 66.3 Å². The molecule has 0 saturated heterocycles. The Morgan fingerprint density at radius 3 is 2.04 bits per heavy atom. The fraction of sp³-hybridized carbons (Fsp3) is 0.389. The van der Waals surface area contributed by atoms with Crippen LogP contribution in [0.5, 0.6) is 0 Å². The van der Waals surface area contributed by atoms with E-state index in [9.17, 15) is 19.8 Å². The van der Waals surface area contributed by atoms with Crippen molar-refractivity contribution in [3.05, 3.63) is 48.6 Å². The van der Waals surface area contributed by atoms with Gasteiger partial charge in [0.25, 0.3) is 0 Å². The summed E-state index contributed by atoms with van der Waals surface area (Å²) in [6, 6.07) is 3.46. The molecule has 0 bridgehead atoms. The van der Waals surface area contributed by atoms with Crippen LogP contribution in [-0.4, -0.2) is 42.8 Å². The predicted octanol–water partition coefficient (Wildman–Crippen LogP) is 3.20. The number of tetrazole rings is 1. The quantitative estimate of drug-likeness (QED) is 0.580. The maximum atomic E-state index is 11.6. The first kappa shape index (κ1) is 18.8. The van der Waals surface area contributed by atoms with E-state index in [1.807, 2.05) is 0 Å². The van der Waals surface area contributed by atoms with E-state index in [1.54, 1.807) is 12.1 Å². The Balaban J connectivity index is 2.08. The van der Waals surface area contributed by atoms with Gasteiger partial charge in [0.15, 0.2) is 5.82 Å². The zero-order valence-corrected chi connectivity index (χ0v) is 16.9. The third kappa shape index (κ3) is 2.83. The molecule has 0 atom stereocenters. The highest BCUT2D eigenvalue weighted by Gasteiger charge is 2.48. The molecule has 0 aromatic carbocycles. The molecule has 3 aromatic heterocycles. The number of hydrogen-bond acceptors (Lipinski definition) is 7. The Morgan fingerprint density at radius 1 is 1.11 bits per heavy atom. The van der Waals surface area contributed by atoms with Gasteiger partial charge in [0, 0.05) is 9.75 Å². The Hall–Kier alpha value is -2.59. The van der Waals surface area contributed by atoms with Crippen LogP contribution in [0.25, 0.3) is 0 Å². The summed E-state index contributed by atoms with van der Waals surface area (Å²) in [7, 11) is 0. The summed E-state index contributed by atoms with van der Waals surface area (Å²) in [5.74, 6) is -1.27. The average molecular weight is 419 g/mol. The van der Waals surface area contributed by atoms with E-state index in [2.05, 4.69) is 34.5 Å². The number of nitrogens with one attached hydrogen (secondary N) is 1. The van der Waals surface area contributed by atoms with Crippen LogP contribution in [0.2, 0.25) is 0 Å². The fourth-order valence-corrected chi connectivity index (χ4v) is 6.54. The smallest absolute Gasteiger partial charge is 0.345 e. The summed E-state index contributed by atoms with van der Waals surface area (Å²) in [5, 5.41) is 33.9. The van der Waals surface area contributed by atoms with Gasteiger partial charge in [0.2, 0.25) is 0 Å². The van der Waals surface area contributed by atoms with Crippen LogP contribution >= 0.6 is 22.7 Å². The minimum absolute atomic E-state index is 0.225. The van der Waals surface area contributed by atoms with E-state index in [4.69, 9.17) is 0 Å². The lowest BCUT2D eigenvalue weighted by atomic mass is 9.75. The van der Waals surface area contributed by atoms with Crippen molar-refractivity contribution in [3.63, 3.8) is 0 Å². The van der Waals surface area contributed by atoms with E-state index >= 15 is 0 Å². The molecule has 1 aliphatic carbocycles. The van der Waals surface area contributed by atoms with Gasteiger partial charge in [-0.3, -0.25) is 0 Å². The van der Waals surface area contributed by atoms with Crippen molar-refractivity contribution in [2.45, 2.75) is 38.5 Å². The third-order valence-corrected chi connectivity index (χ3v) is 7.57. The lowest BCUT2D eigenvalue weighted by Gasteiger charge is -2.31. The number of thiophene rings is 2. The molecule has 0 saturated carbocycles. The molecule has 0 radical (unpaired) electrons. The minimum Gasteiger partial charge on any atom is -0.477 e. The Labute approximate surface area is 168 Å². The molecule has 10 heteroatoms. The van der Waals surface area contributed by atoms with Crippen molar-refractivity contribution in [3.8, 4) is 0 Å². The number of aryl methyl sites for hydroxylation is 2. The van der Waals surface area contributed by atoms with Gasteiger partial charge < -0.3 is 10.2 Å². The van der Waals surface area contributed by atoms with E-state index in [0.29, 0.717) is 25.1 Å². The van der Waals surface area contributed by atoms with Gasteiger partial charge in [-0.05, 0) is 48.4 Å². The summed E-state index contributed by atoms with van der Waals surface area (Å²) in [4.78, 5) is 25.6. The molecular weight excluding hydrogens is 400 g/mol. The van der Waals surface area contributed by atoms with Crippen LogP contribution in [-0.2, 0) is 18.3 Å². The second kappa shape index (κ2) is 6.78. The summed E-state index contributed by atoms with van der Waals surface area (Å²) in [5.41, 5.74) is 1.08. The van der Waals surface area contributed by atoms with Gasteiger partial charge in [-0.2, -0.15) is 5.21 Å². The molecule has 28 heavy (non-hydrogen) atoms. The topological polar surface area (TPSA) is 129 Å². The first-order valence-corrected chi connectivity index (χ1v) is 10.4. The Kier molecular flexibility index (Phi) is 4.54. The average Bonchev–Trinajstić information content (AvgIpc) is 3.35. The molecule has 0 unspecified atom stereocenters. The molecule has 8 nitrogen and oxygen atoms in total. The number of carboxylic acid groups (broad SMARTS) is 2. The lowest BCUT2D eigenvalue weighted by molar-refractivity contribution is 0.0691. The number of H-pyrrole nitrogens is 1. The largest absolute Gasteiger partial charge is 0.477 e. The van der Waals surface area contributed by atoms with Gasteiger partial charge in [-0.1, -0.05) is 19.1 Å². The number of aromatic carboxylic acids is 2. The van der Waals surface area contributed by atoms with Gasteiger partial charge in [0.05, 0.1) is 0 Å². The van der Waals surface area contributed by atoms with E-state index in [0.717, 1.165) is 20.9 Å². The monoisotopic (exact) mass is 418 g/mol. The number of carbonyl (C=O) groups is 2. The molecule has 4 rings (SSSR count). The number of carboxylic acids is 2. The maximum absolute atomic E-state index is 11.6. The van der Waals surface area contributed by atoms with Crippen LogP contribution in [0.3, 0.4) is 0 Å². The third-order valence-electron chi connectivity index (χ3n) is 4.92. The van der Waals surface area contributed by atoms with Crippen molar-refractivity contribution < 1.29 is 19.8 Å². The van der Waals surface area contributed by atoms with Crippen LogP contribution < -0.4 is 0 Å². The molecule has 3 heterocycles. The number of rotatable bonds is 5. The summed E-state index contributed by atoms with van der Waals surface area (Å²) in [6.07, 6.45) is 1.89. The molecule has 146 valence electrons. The van der Waals surface area contributed by atoms with Crippen molar-refractivity contribution in [2.24, 2.45) is 5.92 Å². The van der Waals surface area contributed by atoms with E-state index < -0.39 is 17.4 Å². The molecule has 1 aliphatic rings. The highest BCUT2D eigenvalue weighted by Crippen LogP contribution is 2.52. The van der Waals surface area contributed by atoms with Crippen molar-refractivity contribution >= 4 is 34.6 Å². The Bertz CT molecular complexity index is 992. The normalized spacial score (nSPS) is 15.1. The standard InChI is InChI=1S/C18H18N4O4S2/c1-8(2)7-18(17-19-21-22-20-17)13-9(5-11(27-13)15(23)24)3-4-10-6-12(16(25)26)28-14(10)18/h5-6,8H,3-4,7H2,1-2H3,(H,23,24)(H,25,26)(H,19,20,21,22). The highest BCUT2D eigenvalue weighted by atomic mass is 32.1. The molecule has 3 aromatic rings. The maximum Gasteiger partial charge on any atom is 0.345 e. The number of nitrogens with zero attached hydrogens (tertiary/aromatic N) is 3. The van der Waals surface area contributed by atoms with Crippen LogP contribution in [0.15, 0.2) is 12.1 Å². The number of fused-ring (bicyclic) bond motifs is 2. The summed E-state index contributed by atoms with van der Waals surface area (Å²) >= 11 is 2.45. The molecule has 3 N–H and O–H groups in total. The zero-order chi connectivity index (χ0) is 20.1. The van der Waals surface area contributed by atoms with Gasteiger partial charge in [0.1, 0.15) is 15.2 Å². The van der Waals surface area contributed by atoms with Gasteiger partial charge in [-0.25, -0.2) is 9.59 Å². The van der Waals surface area contributed by atoms with Crippen LogP contribution in [0, 0.1) is 5.92 Å². The summed E-state index contributed by atoms with van der Waals surface area (Å²) in [6.45, 7) is 4.15.